The van der Waals surface area contributed by atoms with E-state index in [4.69, 9.17) is 0 Å². The van der Waals surface area contributed by atoms with E-state index in [1.807, 2.05) is 35.2 Å². The summed E-state index contributed by atoms with van der Waals surface area (Å²) in [5.74, 6) is 0.560. The minimum absolute atomic E-state index is 0.0694. The van der Waals surface area contributed by atoms with Gasteiger partial charge in [0, 0.05) is 36.3 Å². The van der Waals surface area contributed by atoms with E-state index in [2.05, 4.69) is 20.7 Å². The van der Waals surface area contributed by atoms with Crippen LogP contribution in [0.3, 0.4) is 0 Å². The van der Waals surface area contributed by atoms with Crippen LogP contribution in [0, 0.1) is 0 Å². The molecular weight excluding hydrogens is 404 g/mol. The Labute approximate surface area is 187 Å². The number of nitrogens with zero attached hydrogens (tertiary/aromatic N) is 5. The van der Waals surface area contributed by atoms with Crippen LogP contribution in [0.25, 0.3) is 11.4 Å². The second kappa shape index (κ2) is 10.7. The highest BCUT2D eigenvalue weighted by Crippen LogP contribution is 2.16. The zero-order chi connectivity index (χ0) is 22.2. The summed E-state index contributed by atoms with van der Waals surface area (Å²) in [5, 5.41) is 15.4. The van der Waals surface area contributed by atoms with E-state index < -0.39 is 0 Å². The molecular formula is C24H28N6O2. The molecule has 8 nitrogen and oxygen atoms in total. The van der Waals surface area contributed by atoms with Gasteiger partial charge in [0.25, 0.3) is 5.91 Å². The molecule has 0 unspecified atom stereocenters. The summed E-state index contributed by atoms with van der Waals surface area (Å²) in [7, 11) is 0. The van der Waals surface area contributed by atoms with Crippen molar-refractivity contribution >= 4 is 17.5 Å². The highest BCUT2D eigenvalue weighted by atomic mass is 16.2. The van der Waals surface area contributed by atoms with Gasteiger partial charge >= 0.3 is 0 Å². The number of hydrogen-bond donors (Lipinski definition) is 1. The fourth-order valence-electron chi connectivity index (χ4n) is 3.80. The first-order valence-electron chi connectivity index (χ1n) is 11.2. The number of aromatic nitrogens is 4. The van der Waals surface area contributed by atoms with Crippen LogP contribution in [0.2, 0.25) is 0 Å². The second-order valence-corrected chi connectivity index (χ2v) is 8.01. The highest BCUT2D eigenvalue weighted by molar-refractivity contribution is 5.95. The SMILES string of the molecule is O=C(CCCn1nnc(-c2ccccc2)n1)Nc1ccc(C(=O)N2CCCCCC2)cc1. The molecule has 0 spiro atoms. The molecule has 1 fully saturated rings. The van der Waals surface area contributed by atoms with Gasteiger partial charge in [-0.25, -0.2) is 0 Å². The van der Waals surface area contributed by atoms with Crippen molar-refractivity contribution in [1.82, 2.24) is 25.1 Å². The van der Waals surface area contributed by atoms with Crippen LogP contribution >= 0.6 is 0 Å². The van der Waals surface area contributed by atoms with Crippen molar-refractivity contribution in [1.29, 1.82) is 0 Å². The second-order valence-electron chi connectivity index (χ2n) is 8.01. The van der Waals surface area contributed by atoms with Gasteiger partial charge in [0.1, 0.15) is 0 Å². The van der Waals surface area contributed by atoms with Gasteiger partial charge in [-0.1, -0.05) is 43.2 Å². The lowest BCUT2D eigenvalue weighted by molar-refractivity contribution is -0.116. The number of tetrazole rings is 1. The van der Waals surface area contributed by atoms with Gasteiger partial charge in [-0.15, -0.1) is 10.2 Å². The number of hydrogen-bond acceptors (Lipinski definition) is 5. The third-order valence-corrected chi connectivity index (χ3v) is 5.56. The molecule has 2 amide bonds. The molecule has 1 aliphatic heterocycles. The predicted molar refractivity (Wildman–Crippen MR) is 122 cm³/mol. The molecule has 166 valence electrons. The van der Waals surface area contributed by atoms with Crippen LogP contribution < -0.4 is 5.32 Å². The number of likely N-dealkylation sites (tertiary alicyclic amines) is 1. The molecule has 2 aromatic carbocycles. The molecule has 1 aromatic heterocycles. The minimum atomic E-state index is -0.0833. The van der Waals surface area contributed by atoms with Gasteiger partial charge in [-0.2, -0.15) is 4.80 Å². The molecule has 0 radical (unpaired) electrons. The molecule has 32 heavy (non-hydrogen) atoms. The first-order valence-corrected chi connectivity index (χ1v) is 11.2. The van der Waals surface area contributed by atoms with Crippen LogP contribution in [0.5, 0.6) is 0 Å². The molecule has 4 rings (SSSR count). The largest absolute Gasteiger partial charge is 0.339 e. The van der Waals surface area contributed by atoms with E-state index in [9.17, 15) is 9.59 Å². The maximum absolute atomic E-state index is 12.7. The van der Waals surface area contributed by atoms with E-state index >= 15 is 0 Å². The molecule has 0 bridgehead atoms. The van der Waals surface area contributed by atoms with Crippen molar-refractivity contribution in [3.05, 3.63) is 60.2 Å². The molecule has 2 heterocycles. The van der Waals surface area contributed by atoms with E-state index in [0.29, 0.717) is 36.5 Å². The lowest BCUT2D eigenvalue weighted by Crippen LogP contribution is -2.31. The van der Waals surface area contributed by atoms with Gasteiger partial charge in [0.05, 0.1) is 6.54 Å². The quantitative estimate of drug-likeness (QED) is 0.613. The predicted octanol–water partition coefficient (Wildman–Crippen LogP) is 3.78. The van der Waals surface area contributed by atoms with Crippen LogP contribution in [-0.4, -0.2) is 50.0 Å². The molecule has 1 aliphatic rings. The molecule has 1 saturated heterocycles. The van der Waals surface area contributed by atoms with Crippen molar-refractivity contribution in [2.75, 3.05) is 18.4 Å². The number of rotatable bonds is 7. The van der Waals surface area contributed by atoms with E-state index in [1.165, 1.54) is 17.6 Å². The number of amides is 2. The van der Waals surface area contributed by atoms with Crippen LogP contribution in [0.15, 0.2) is 54.6 Å². The average molecular weight is 433 g/mol. The number of carbonyl (C=O) groups excluding carboxylic acids is 2. The highest BCUT2D eigenvalue weighted by Gasteiger charge is 2.17. The summed E-state index contributed by atoms with van der Waals surface area (Å²) in [6.45, 7) is 2.16. The number of nitrogens with one attached hydrogen (secondary N) is 1. The lowest BCUT2D eigenvalue weighted by atomic mass is 10.1. The Balaban J connectivity index is 1.23. The van der Waals surface area contributed by atoms with Crippen molar-refractivity contribution in [2.24, 2.45) is 0 Å². The van der Waals surface area contributed by atoms with Crippen molar-refractivity contribution < 1.29 is 9.59 Å². The van der Waals surface area contributed by atoms with E-state index in [0.717, 1.165) is 31.5 Å². The maximum atomic E-state index is 12.7. The summed E-state index contributed by atoms with van der Waals surface area (Å²) in [4.78, 5) is 28.4. The molecule has 1 N–H and O–H groups in total. The number of carbonyl (C=O) groups is 2. The summed E-state index contributed by atoms with van der Waals surface area (Å²) >= 11 is 0. The summed E-state index contributed by atoms with van der Waals surface area (Å²) in [5.41, 5.74) is 2.26. The Kier molecular flexibility index (Phi) is 7.22. The van der Waals surface area contributed by atoms with Crippen molar-refractivity contribution in [3.8, 4) is 11.4 Å². The summed E-state index contributed by atoms with van der Waals surface area (Å²) in [6, 6.07) is 16.8. The normalized spacial score (nSPS) is 14.1. The third-order valence-electron chi connectivity index (χ3n) is 5.56. The summed E-state index contributed by atoms with van der Waals surface area (Å²) < 4.78 is 0. The first kappa shape index (κ1) is 21.7. The van der Waals surface area contributed by atoms with Gasteiger partial charge in [-0.05, 0) is 48.7 Å². The molecule has 8 heteroatoms. The Morgan fingerprint density at radius 1 is 0.906 bits per heavy atom. The molecule has 3 aromatic rings. The van der Waals surface area contributed by atoms with Crippen molar-refractivity contribution in [3.63, 3.8) is 0 Å². The third kappa shape index (κ3) is 5.78. The van der Waals surface area contributed by atoms with Gasteiger partial charge in [0.15, 0.2) is 0 Å². The van der Waals surface area contributed by atoms with Gasteiger partial charge in [-0.3, -0.25) is 9.59 Å². The number of benzene rings is 2. The lowest BCUT2D eigenvalue weighted by Gasteiger charge is -2.20. The minimum Gasteiger partial charge on any atom is -0.339 e. The monoisotopic (exact) mass is 432 g/mol. The Morgan fingerprint density at radius 3 is 2.34 bits per heavy atom. The van der Waals surface area contributed by atoms with E-state index in [-0.39, 0.29) is 11.8 Å². The maximum Gasteiger partial charge on any atom is 0.253 e. The Bertz CT molecular complexity index is 1020. The number of aryl methyl sites for hydroxylation is 1. The molecule has 0 saturated carbocycles. The molecule has 0 atom stereocenters. The summed E-state index contributed by atoms with van der Waals surface area (Å²) in [6.07, 6.45) is 5.46. The van der Waals surface area contributed by atoms with Crippen LogP contribution in [0.4, 0.5) is 5.69 Å². The Hall–Kier alpha value is -3.55. The van der Waals surface area contributed by atoms with E-state index in [1.54, 1.807) is 24.3 Å². The fourth-order valence-corrected chi connectivity index (χ4v) is 3.80. The zero-order valence-electron chi connectivity index (χ0n) is 18.1. The van der Waals surface area contributed by atoms with Crippen molar-refractivity contribution in [2.45, 2.75) is 45.1 Å². The average Bonchev–Trinajstić information content (AvgIpc) is 3.12. The van der Waals surface area contributed by atoms with Crippen LogP contribution in [0.1, 0.15) is 48.9 Å². The molecule has 0 aliphatic carbocycles. The van der Waals surface area contributed by atoms with Gasteiger partial charge in [0.2, 0.25) is 11.7 Å². The van der Waals surface area contributed by atoms with Crippen LogP contribution in [-0.2, 0) is 11.3 Å². The Morgan fingerprint density at radius 2 is 1.62 bits per heavy atom. The standard InChI is InChI=1S/C24H28N6O2/c31-22(11-8-18-30-27-23(26-28-30)19-9-4-3-5-10-19)25-21-14-12-20(13-15-21)24(32)29-16-6-1-2-7-17-29/h3-5,9-10,12-15H,1-2,6-8,11,16-18H2,(H,25,31). The first-order chi connectivity index (χ1) is 15.7. The smallest absolute Gasteiger partial charge is 0.253 e. The fraction of sp³-hybridized carbons (Fsp3) is 0.375. The zero-order valence-corrected chi connectivity index (χ0v) is 18.1. The van der Waals surface area contributed by atoms with Gasteiger partial charge < -0.3 is 10.2 Å². The number of anilines is 1. The topological polar surface area (TPSA) is 93.0 Å².